The van der Waals surface area contributed by atoms with E-state index in [1.54, 1.807) is 15.8 Å². The minimum absolute atomic E-state index is 0.00492. The monoisotopic (exact) mass is 403 g/mol. The lowest BCUT2D eigenvalue weighted by Gasteiger charge is -2.33. The zero-order valence-corrected chi connectivity index (χ0v) is 16.9. The molecule has 8 nitrogen and oxygen atoms in total. The van der Waals surface area contributed by atoms with Crippen LogP contribution in [0.3, 0.4) is 0 Å². The van der Waals surface area contributed by atoms with Gasteiger partial charge >= 0.3 is 6.09 Å². The second kappa shape index (κ2) is 8.59. The summed E-state index contributed by atoms with van der Waals surface area (Å²) in [6, 6.07) is 2.90. The Labute approximate surface area is 169 Å². The predicted octanol–water partition coefficient (Wildman–Crippen LogP) is 2.92. The molecule has 1 saturated heterocycles. The van der Waals surface area contributed by atoms with Crippen molar-refractivity contribution in [2.75, 3.05) is 13.1 Å². The van der Waals surface area contributed by atoms with Crippen LogP contribution in [0.2, 0.25) is 0 Å². The Balaban J connectivity index is 1.52. The van der Waals surface area contributed by atoms with Gasteiger partial charge in [-0.15, -0.1) is 0 Å². The predicted molar refractivity (Wildman–Crippen MR) is 104 cm³/mol. The van der Waals surface area contributed by atoms with Crippen molar-refractivity contribution in [3.05, 3.63) is 47.8 Å². The van der Waals surface area contributed by atoms with Crippen molar-refractivity contribution in [3.63, 3.8) is 0 Å². The molecule has 0 spiro atoms. The number of hydrogen-bond donors (Lipinski definition) is 1. The molecule has 0 saturated carbocycles. The molecule has 156 valence electrons. The van der Waals surface area contributed by atoms with Gasteiger partial charge in [0.15, 0.2) is 0 Å². The summed E-state index contributed by atoms with van der Waals surface area (Å²) in [7, 11) is 0. The molecule has 2 amide bonds. The molecule has 0 atom stereocenters. The lowest BCUT2D eigenvalue weighted by atomic mass is 10.1. The van der Waals surface area contributed by atoms with Gasteiger partial charge in [0.1, 0.15) is 11.4 Å². The molecule has 1 aliphatic heterocycles. The highest BCUT2D eigenvalue weighted by molar-refractivity contribution is 5.93. The van der Waals surface area contributed by atoms with E-state index in [-0.39, 0.29) is 30.3 Å². The fraction of sp³-hybridized carbons (Fsp3) is 0.500. The summed E-state index contributed by atoms with van der Waals surface area (Å²) in [5.74, 6) is -0.798. The SMILES string of the molecule is CC(C)(C)OC(=O)N1CCC(n2cc(C(=O)NCc3ncccc3F)cn2)CC1. The zero-order chi connectivity index (χ0) is 21.0. The Morgan fingerprint density at radius 2 is 2.03 bits per heavy atom. The number of pyridine rings is 1. The topological polar surface area (TPSA) is 89.4 Å². The highest BCUT2D eigenvalue weighted by atomic mass is 19.1. The quantitative estimate of drug-likeness (QED) is 0.848. The van der Waals surface area contributed by atoms with E-state index in [0.717, 1.165) is 12.8 Å². The van der Waals surface area contributed by atoms with Crippen LogP contribution in [0.15, 0.2) is 30.7 Å². The van der Waals surface area contributed by atoms with E-state index >= 15 is 0 Å². The standard InChI is InChI=1S/C20H26FN5O3/c1-20(2,3)29-19(28)25-9-6-15(7-10-25)26-13-14(11-24-26)18(27)23-12-17-16(21)5-4-8-22-17/h4-5,8,11,13,15H,6-7,9-10,12H2,1-3H3,(H,23,27). The number of amides is 2. The number of hydrogen-bond acceptors (Lipinski definition) is 5. The average Bonchev–Trinajstić information content (AvgIpc) is 3.16. The summed E-state index contributed by atoms with van der Waals surface area (Å²) in [6.07, 6.45) is 5.79. The van der Waals surface area contributed by atoms with E-state index in [0.29, 0.717) is 18.7 Å². The number of likely N-dealkylation sites (tertiary alicyclic amines) is 1. The van der Waals surface area contributed by atoms with E-state index in [2.05, 4.69) is 15.4 Å². The minimum Gasteiger partial charge on any atom is -0.444 e. The number of aromatic nitrogens is 3. The summed E-state index contributed by atoms with van der Waals surface area (Å²) < 4.78 is 20.8. The van der Waals surface area contributed by atoms with Crippen molar-refractivity contribution in [1.82, 2.24) is 25.0 Å². The van der Waals surface area contributed by atoms with Gasteiger partial charge in [0.05, 0.1) is 30.0 Å². The van der Waals surface area contributed by atoms with Crippen LogP contribution in [0.5, 0.6) is 0 Å². The summed E-state index contributed by atoms with van der Waals surface area (Å²) in [4.78, 5) is 30.1. The Morgan fingerprint density at radius 3 is 2.69 bits per heavy atom. The molecule has 2 aromatic rings. The van der Waals surface area contributed by atoms with Crippen molar-refractivity contribution in [2.24, 2.45) is 0 Å². The van der Waals surface area contributed by atoms with Gasteiger partial charge in [-0.3, -0.25) is 14.5 Å². The summed E-state index contributed by atoms with van der Waals surface area (Å²) in [5, 5.41) is 6.95. The van der Waals surface area contributed by atoms with Gasteiger partial charge in [-0.25, -0.2) is 9.18 Å². The summed E-state index contributed by atoms with van der Waals surface area (Å²) >= 11 is 0. The van der Waals surface area contributed by atoms with E-state index in [9.17, 15) is 14.0 Å². The average molecular weight is 403 g/mol. The molecule has 0 aliphatic carbocycles. The maximum Gasteiger partial charge on any atom is 0.410 e. The third-order valence-electron chi connectivity index (χ3n) is 4.61. The normalized spacial score (nSPS) is 15.2. The third-order valence-corrected chi connectivity index (χ3v) is 4.61. The molecule has 1 N–H and O–H groups in total. The highest BCUT2D eigenvalue weighted by Crippen LogP contribution is 2.23. The van der Waals surface area contributed by atoms with E-state index in [1.165, 1.54) is 24.5 Å². The molecule has 3 rings (SSSR count). The maximum absolute atomic E-state index is 13.6. The molecule has 0 radical (unpaired) electrons. The molecular weight excluding hydrogens is 377 g/mol. The van der Waals surface area contributed by atoms with Crippen LogP contribution in [0.4, 0.5) is 9.18 Å². The first-order valence-electron chi connectivity index (χ1n) is 9.62. The molecule has 1 aliphatic rings. The van der Waals surface area contributed by atoms with Crippen LogP contribution in [-0.4, -0.2) is 50.4 Å². The first kappa shape index (κ1) is 20.8. The highest BCUT2D eigenvalue weighted by Gasteiger charge is 2.28. The van der Waals surface area contributed by atoms with Crippen LogP contribution in [0.25, 0.3) is 0 Å². The smallest absolute Gasteiger partial charge is 0.410 e. The van der Waals surface area contributed by atoms with Crippen molar-refractivity contribution >= 4 is 12.0 Å². The van der Waals surface area contributed by atoms with Crippen LogP contribution in [0.1, 0.15) is 55.7 Å². The van der Waals surface area contributed by atoms with Crippen LogP contribution < -0.4 is 5.32 Å². The molecule has 1 fully saturated rings. The van der Waals surface area contributed by atoms with E-state index < -0.39 is 11.4 Å². The van der Waals surface area contributed by atoms with Gasteiger partial charge in [-0.1, -0.05) is 0 Å². The lowest BCUT2D eigenvalue weighted by Crippen LogP contribution is -2.42. The number of piperidine rings is 1. The lowest BCUT2D eigenvalue weighted by molar-refractivity contribution is 0.0184. The van der Waals surface area contributed by atoms with Crippen molar-refractivity contribution < 1.29 is 18.7 Å². The Morgan fingerprint density at radius 1 is 1.31 bits per heavy atom. The van der Waals surface area contributed by atoms with Gasteiger partial charge in [0.25, 0.3) is 5.91 Å². The Bertz CT molecular complexity index is 869. The molecule has 9 heteroatoms. The zero-order valence-electron chi connectivity index (χ0n) is 16.9. The van der Waals surface area contributed by atoms with Crippen LogP contribution >= 0.6 is 0 Å². The first-order valence-corrected chi connectivity index (χ1v) is 9.62. The molecule has 0 aromatic carbocycles. The first-order chi connectivity index (χ1) is 13.7. The van der Waals surface area contributed by atoms with Crippen molar-refractivity contribution in [1.29, 1.82) is 0 Å². The number of carbonyl (C=O) groups is 2. The summed E-state index contributed by atoms with van der Waals surface area (Å²) in [6.45, 7) is 6.67. The molecule has 0 bridgehead atoms. The molecule has 2 aromatic heterocycles. The molecule has 29 heavy (non-hydrogen) atoms. The van der Waals surface area contributed by atoms with Gasteiger partial charge in [-0.2, -0.15) is 5.10 Å². The van der Waals surface area contributed by atoms with Crippen molar-refractivity contribution in [3.8, 4) is 0 Å². The fourth-order valence-corrected chi connectivity index (χ4v) is 3.11. The van der Waals surface area contributed by atoms with Crippen LogP contribution in [0, 0.1) is 5.82 Å². The molecule has 3 heterocycles. The van der Waals surface area contributed by atoms with Gasteiger partial charge in [-0.05, 0) is 45.7 Å². The van der Waals surface area contributed by atoms with Gasteiger partial charge in [0, 0.05) is 25.5 Å². The number of rotatable bonds is 4. The number of nitrogens with one attached hydrogen (secondary N) is 1. The Hall–Kier alpha value is -2.97. The molecular formula is C20H26FN5O3. The van der Waals surface area contributed by atoms with Gasteiger partial charge < -0.3 is 15.0 Å². The van der Waals surface area contributed by atoms with Crippen molar-refractivity contribution in [2.45, 2.75) is 51.8 Å². The number of carbonyl (C=O) groups excluding carboxylic acids is 2. The number of halogens is 1. The van der Waals surface area contributed by atoms with E-state index in [4.69, 9.17) is 4.74 Å². The second-order valence-electron chi connectivity index (χ2n) is 8.02. The minimum atomic E-state index is -0.517. The molecule has 0 unspecified atom stereocenters. The number of nitrogens with zero attached hydrogens (tertiary/aromatic N) is 4. The number of ether oxygens (including phenoxy) is 1. The largest absolute Gasteiger partial charge is 0.444 e. The third kappa shape index (κ3) is 5.52. The summed E-state index contributed by atoms with van der Waals surface area (Å²) in [5.41, 5.74) is 0.0646. The Kier molecular flexibility index (Phi) is 6.14. The second-order valence-corrected chi connectivity index (χ2v) is 8.02. The van der Waals surface area contributed by atoms with Gasteiger partial charge in [0.2, 0.25) is 0 Å². The van der Waals surface area contributed by atoms with E-state index in [1.807, 2.05) is 20.8 Å². The van der Waals surface area contributed by atoms with Crippen LogP contribution in [-0.2, 0) is 11.3 Å². The fourth-order valence-electron chi connectivity index (χ4n) is 3.11. The maximum atomic E-state index is 13.6.